The molecule has 2 nitrogen and oxygen atoms in total. The molecular weight excluding hydrogens is 198 g/mol. The molecule has 0 amide bonds. The lowest BCUT2D eigenvalue weighted by Gasteiger charge is -2.15. The van der Waals surface area contributed by atoms with E-state index in [1.165, 1.54) is 11.1 Å². The lowest BCUT2D eigenvalue weighted by atomic mass is 9.91. The second kappa shape index (κ2) is 5.80. The molecular formula is C14H21NO. The van der Waals surface area contributed by atoms with E-state index >= 15 is 0 Å². The van der Waals surface area contributed by atoms with E-state index in [1.807, 2.05) is 6.07 Å². The van der Waals surface area contributed by atoms with Crippen LogP contribution in [0.1, 0.15) is 50.2 Å². The van der Waals surface area contributed by atoms with Crippen LogP contribution in [0.2, 0.25) is 0 Å². The molecule has 0 saturated heterocycles. The van der Waals surface area contributed by atoms with Crippen LogP contribution in [0.15, 0.2) is 24.3 Å². The van der Waals surface area contributed by atoms with Gasteiger partial charge in [-0.3, -0.25) is 0 Å². The Labute approximate surface area is 97.9 Å². The maximum absolute atomic E-state index is 11.1. The maximum atomic E-state index is 11.1. The molecule has 1 atom stereocenters. The van der Waals surface area contributed by atoms with Crippen LogP contribution in [0.4, 0.5) is 0 Å². The van der Waals surface area contributed by atoms with Crippen LogP contribution in [0, 0.1) is 0 Å². The summed E-state index contributed by atoms with van der Waals surface area (Å²) in [5, 5.41) is 0. The summed E-state index contributed by atoms with van der Waals surface area (Å²) in [5.74, 6) is 0.873. The fourth-order valence-corrected chi connectivity index (χ4v) is 1.86. The van der Waals surface area contributed by atoms with Gasteiger partial charge in [-0.1, -0.05) is 38.1 Å². The van der Waals surface area contributed by atoms with Crippen molar-refractivity contribution in [1.82, 2.24) is 0 Å². The van der Waals surface area contributed by atoms with E-state index in [0.29, 0.717) is 18.9 Å². The Kier molecular flexibility index (Phi) is 4.69. The highest BCUT2D eigenvalue weighted by Crippen LogP contribution is 2.23. The minimum Gasteiger partial charge on any atom is -0.330 e. The average molecular weight is 219 g/mol. The second-order valence-electron chi connectivity index (χ2n) is 4.66. The van der Waals surface area contributed by atoms with E-state index in [9.17, 15) is 4.79 Å². The summed E-state index contributed by atoms with van der Waals surface area (Å²) < 4.78 is 0. The molecule has 0 saturated carbocycles. The van der Waals surface area contributed by atoms with Crippen molar-refractivity contribution < 1.29 is 4.79 Å². The molecule has 1 aromatic carbocycles. The number of benzene rings is 1. The molecule has 0 heterocycles. The zero-order valence-electron chi connectivity index (χ0n) is 10.4. The third-order valence-corrected chi connectivity index (χ3v) is 2.87. The van der Waals surface area contributed by atoms with E-state index in [4.69, 9.17) is 5.73 Å². The van der Waals surface area contributed by atoms with Gasteiger partial charge in [-0.25, -0.2) is 0 Å². The molecule has 1 rings (SSSR count). The molecule has 0 spiro atoms. The number of ketones is 1. The SMILES string of the molecule is CC(=O)C[C@@H](CN)c1cccc(C(C)C)c1. The van der Waals surface area contributed by atoms with Crippen LogP contribution in [0.25, 0.3) is 0 Å². The molecule has 1 aromatic rings. The molecule has 16 heavy (non-hydrogen) atoms. The van der Waals surface area contributed by atoms with Gasteiger partial charge < -0.3 is 10.5 Å². The fourth-order valence-electron chi connectivity index (χ4n) is 1.86. The Bertz CT molecular complexity index is 358. The molecule has 88 valence electrons. The first-order valence-electron chi connectivity index (χ1n) is 5.84. The zero-order chi connectivity index (χ0) is 12.1. The van der Waals surface area contributed by atoms with Crippen molar-refractivity contribution >= 4 is 5.78 Å². The van der Waals surface area contributed by atoms with Crippen LogP contribution in [0.3, 0.4) is 0 Å². The van der Waals surface area contributed by atoms with Gasteiger partial charge in [0.2, 0.25) is 0 Å². The standard InChI is InChI=1S/C14H21NO/c1-10(2)12-5-4-6-13(8-12)14(9-15)7-11(3)16/h4-6,8,10,14H,7,9,15H2,1-3H3/t14-/m0/s1. The third kappa shape index (κ3) is 3.46. The molecule has 2 heteroatoms. The highest BCUT2D eigenvalue weighted by atomic mass is 16.1. The minimum absolute atomic E-state index is 0.163. The van der Waals surface area contributed by atoms with E-state index in [0.717, 1.165) is 0 Å². The molecule has 0 aliphatic heterocycles. The van der Waals surface area contributed by atoms with Crippen molar-refractivity contribution in [2.75, 3.05) is 6.54 Å². The highest BCUT2D eigenvalue weighted by Gasteiger charge is 2.12. The van der Waals surface area contributed by atoms with Gasteiger partial charge in [0.05, 0.1) is 0 Å². The summed E-state index contributed by atoms with van der Waals surface area (Å²) in [6.07, 6.45) is 0.540. The van der Waals surface area contributed by atoms with E-state index in [-0.39, 0.29) is 11.7 Å². The number of carbonyl (C=O) groups is 1. The predicted octanol–water partition coefficient (Wildman–Crippen LogP) is 2.83. The van der Waals surface area contributed by atoms with Crippen molar-refractivity contribution in [2.45, 2.75) is 39.0 Å². The molecule has 0 fully saturated rings. The number of rotatable bonds is 5. The van der Waals surface area contributed by atoms with E-state index in [2.05, 4.69) is 32.0 Å². The minimum atomic E-state index is 0.163. The fraction of sp³-hybridized carbons (Fsp3) is 0.500. The van der Waals surface area contributed by atoms with Crippen LogP contribution in [0.5, 0.6) is 0 Å². The Morgan fingerprint density at radius 1 is 1.31 bits per heavy atom. The first kappa shape index (κ1) is 12.9. The summed E-state index contributed by atoms with van der Waals surface area (Å²) in [4.78, 5) is 11.1. The van der Waals surface area contributed by atoms with Crippen LogP contribution < -0.4 is 5.73 Å². The lowest BCUT2D eigenvalue weighted by molar-refractivity contribution is -0.117. The Hall–Kier alpha value is -1.15. The van der Waals surface area contributed by atoms with Gasteiger partial charge in [0.25, 0.3) is 0 Å². The van der Waals surface area contributed by atoms with Crippen molar-refractivity contribution in [1.29, 1.82) is 0 Å². The van der Waals surface area contributed by atoms with Crippen LogP contribution >= 0.6 is 0 Å². The van der Waals surface area contributed by atoms with Crippen molar-refractivity contribution in [3.05, 3.63) is 35.4 Å². The van der Waals surface area contributed by atoms with Gasteiger partial charge in [0.15, 0.2) is 0 Å². The van der Waals surface area contributed by atoms with Gasteiger partial charge in [-0.2, -0.15) is 0 Å². The van der Waals surface area contributed by atoms with Gasteiger partial charge in [0.1, 0.15) is 5.78 Å². The second-order valence-corrected chi connectivity index (χ2v) is 4.66. The summed E-state index contributed by atoms with van der Waals surface area (Å²) in [6.45, 7) is 6.49. The van der Waals surface area contributed by atoms with Crippen LogP contribution in [-0.4, -0.2) is 12.3 Å². The van der Waals surface area contributed by atoms with Crippen LogP contribution in [-0.2, 0) is 4.79 Å². The highest BCUT2D eigenvalue weighted by molar-refractivity contribution is 5.76. The van der Waals surface area contributed by atoms with Gasteiger partial charge in [-0.15, -0.1) is 0 Å². The molecule has 0 aliphatic carbocycles. The predicted molar refractivity (Wildman–Crippen MR) is 67.6 cm³/mol. The number of Topliss-reactive ketones (excluding diaryl/α,β-unsaturated/α-hetero) is 1. The smallest absolute Gasteiger partial charge is 0.130 e. The first-order chi connectivity index (χ1) is 7.54. The summed E-state index contributed by atoms with van der Waals surface area (Å²) in [7, 11) is 0. The van der Waals surface area contributed by atoms with Gasteiger partial charge in [-0.05, 0) is 30.5 Å². The van der Waals surface area contributed by atoms with E-state index in [1.54, 1.807) is 6.92 Å². The first-order valence-corrected chi connectivity index (χ1v) is 5.84. The molecule has 0 aromatic heterocycles. The van der Waals surface area contributed by atoms with Gasteiger partial charge in [0, 0.05) is 12.3 Å². The molecule has 0 bridgehead atoms. The quantitative estimate of drug-likeness (QED) is 0.827. The Morgan fingerprint density at radius 2 is 1.94 bits per heavy atom. The number of hydrogen-bond donors (Lipinski definition) is 1. The average Bonchev–Trinajstić information content (AvgIpc) is 2.25. The third-order valence-electron chi connectivity index (χ3n) is 2.87. The Morgan fingerprint density at radius 3 is 2.44 bits per heavy atom. The monoisotopic (exact) mass is 219 g/mol. The summed E-state index contributed by atoms with van der Waals surface area (Å²) in [5.41, 5.74) is 8.22. The number of carbonyl (C=O) groups excluding carboxylic acids is 1. The van der Waals surface area contributed by atoms with Gasteiger partial charge >= 0.3 is 0 Å². The normalized spacial score (nSPS) is 12.8. The zero-order valence-corrected chi connectivity index (χ0v) is 10.4. The van der Waals surface area contributed by atoms with E-state index < -0.39 is 0 Å². The van der Waals surface area contributed by atoms with Crippen molar-refractivity contribution in [3.63, 3.8) is 0 Å². The number of nitrogens with two attached hydrogens (primary N) is 1. The lowest BCUT2D eigenvalue weighted by Crippen LogP contribution is -2.15. The largest absolute Gasteiger partial charge is 0.330 e. The molecule has 0 aliphatic rings. The molecule has 2 N–H and O–H groups in total. The molecule has 0 unspecified atom stereocenters. The van der Waals surface area contributed by atoms with Crippen molar-refractivity contribution in [2.24, 2.45) is 5.73 Å². The van der Waals surface area contributed by atoms with Crippen molar-refractivity contribution in [3.8, 4) is 0 Å². The Balaban J connectivity index is 2.92. The molecule has 0 radical (unpaired) electrons. The summed E-state index contributed by atoms with van der Waals surface area (Å²) in [6, 6.07) is 8.40. The number of hydrogen-bond acceptors (Lipinski definition) is 2. The topological polar surface area (TPSA) is 43.1 Å². The summed E-state index contributed by atoms with van der Waals surface area (Å²) >= 11 is 0. The maximum Gasteiger partial charge on any atom is 0.130 e.